The minimum absolute atomic E-state index is 0.0101. The van der Waals surface area contributed by atoms with E-state index in [9.17, 15) is 0 Å². The summed E-state index contributed by atoms with van der Waals surface area (Å²) in [6.07, 6.45) is 9.70. The topological polar surface area (TPSA) is 13.0 Å². The summed E-state index contributed by atoms with van der Waals surface area (Å²) in [5, 5.41) is 6.85. The molecule has 9 heteroatoms. The van der Waals surface area contributed by atoms with E-state index < -0.39 is 0 Å². The molecule has 0 radical (unpaired) electrons. The fraction of sp³-hybridized carbons (Fsp3) is 0.423. The second kappa shape index (κ2) is 26.0. The quantitative estimate of drug-likeness (QED) is 0.159. The second-order valence-electron chi connectivity index (χ2n) is 42.3. The Morgan fingerprint density at radius 3 is 1.38 bits per heavy atom. The van der Waals surface area contributed by atoms with Crippen LogP contribution in [0.1, 0.15) is 270 Å². The predicted molar refractivity (Wildman–Crippen MR) is 499 cm³/mol. The lowest BCUT2D eigenvalue weighted by atomic mass is 9.33. The Labute approximate surface area is 694 Å². The first-order valence-electron chi connectivity index (χ1n) is 42.1. The number of nitrogens with zero attached hydrogens (tertiary/aromatic N) is 4. The zero-order valence-electron chi connectivity index (χ0n) is 72.5. The molecule has 12 aromatic rings. The van der Waals surface area contributed by atoms with Crippen molar-refractivity contribution in [1.82, 2.24) is 0 Å². The Morgan fingerprint density at radius 2 is 0.814 bits per heavy atom. The summed E-state index contributed by atoms with van der Waals surface area (Å²) >= 11 is 18.6. The Hall–Kier alpha value is -7.52. The molecular formula is C104H119BCl2N4S2. The molecule has 4 nitrogen and oxygen atoms in total. The third kappa shape index (κ3) is 12.2. The van der Waals surface area contributed by atoms with Gasteiger partial charge in [0.1, 0.15) is 0 Å². The average molecular weight is 1570 g/mol. The number of hydrogen-bond acceptors (Lipinski definition) is 6. The van der Waals surface area contributed by atoms with Crippen molar-refractivity contribution in [2.24, 2.45) is 0 Å². The van der Waals surface area contributed by atoms with Gasteiger partial charge in [-0.15, -0.1) is 22.7 Å². The third-order valence-electron chi connectivity index (χ3n) is 28.4. The molecule has 4 unspecified atom stereocenters. The van der Waals surface area contributed by atoms with E-state index in [2.05, 4.69) is 351 Å². The number of aryl methyl sites for hydroxylation is 4. The van der Waals surface area contributed by atoms with Gasteiger partial charge in [-0.05, 0) is 262 Å². The molecule has 6 aliphatic rings. The molecule has 4 aliphatic heterocycles. The summed E-state index contributed by atoms with van der Waals surface area (Å²) in [5.74, 6) is 0. The summed E-state index contributed by atoms with van der Waals surface area (Å²) in [5.41, 5.74) is 33.5. The summed E-state index contributed by atoms with van der Waals surface area (Å²) in [6.45, 7) is 61.4. The summed E-state index contributed by atoms with van der Waals surface area (Å²) < 4.78 is 5.38. The molecule has 113 heavy (non-hydrogen) atoms. The van der Waals surface area contributed by atoms with Crippen LogP contribution in [0.2, 0.25) is 10.0 Å². The van der Waals surface area contributed by atoms with Gasteiger partial charge in [-0.25, -0.2) is 0 Å². The fourth-order valence-corrected chi connectivity index (χ4v) is 24.1. The van der Waals surface area contributed by atoms with Gasteiger partial charge in [0.25, 0.3) is 6.71 Å². The van der Waals surface area contributed by atoms with Crippen LogP contribution in [0.25, 0.3) is 40.3 Å². The Bertz CT molecular complexity index is 5940. The van der Waals surface area contributed by atoms with E-state index >= 15 is 0 Å². The average Bonchev–Trinajstić information content (AvgIpc) is 1.52. The van der Waals surface area contributed by atoms with E-state index in [0.717, 1.165) is 33.5 Å². The third-order valence-corrected chi connectivity index (χ3v) is 31.1. The second-order valence-corrected chi connectivity index (χ2v) is 45.3. The van der Waals surface area contributed by atoms with Gasteiger partial charge >= 0.3 is 0 Å². The number of thiophene rings is 2. The van der Waals surface area contributed by atoms with Gasteiger partial charge < -0.3 is 19.6 Å². The molecule has 10 aromatic carbocycles. The van der Waals surface area contributed by atoms with Crippen molar-refractivity contribution in [3.05, 3.63) is 228 Å². The van der Waals surface area contributed by atoms with Crippen molar-refractivity contribution in [2.75, 3.05) is 19.6 Å². The largest absolute Gasteiger partial charge is 0.335 e. The number of fused-ring (bicyclic) bond motifs is 16. The lowest BCUT2D eigenvalue weighted by molar-refractivity contribution is 0.195. The van der Waals surface area contributed by atoms with Crippen molar-refractivity contribution in [1.29, 1.82) is 0 Å². The predicted octanol–water partition coefficient (Wildman–Crippen LogP) is 30.0. The highest BCUT2D eigenvalue weighted by Crippen LogP contribution is 2.65. The van der Waals surface area contributed by atoms with E-state index in [0.29, 0.717) is 0 Å². The van der Waals surface area contributed by atoms with Gasteiger partial charge in [0.2, 0.25) is 0 Å². The van der Waals surface area contributed by atoms with Crippen LogP contribution in [0, 0.1) is 27.7 Å². The van der Waals surface area contributed by atoms with E-state index in [-0.39, 0.29) is 61.1 Å². The standard InChI is InChI=1S/C52H58BClN2S.C52H61ClN2S/c1-29-20-32(49(6,7)8)21-30(2)46(29)55-40-27-36-35-17-16-31(48(3,4)5)24-43(35)57-44(36)28-38(40)53-39-23-33(50(9,10)11)22-37-47(39)56(42-26-34(54)25-41(55)45(42)53)52(13)19-15-14-18-51(37,52)12;1-32-24-36(50(9,10)11)25-33(2)47(32)54(38-18-21-45-42(31-38)41-19-16-35(49(6,7)8)27-46(41)56-45)39-28-37(53)29-40(30-39)55-44-20-17-34(48(3,4)5)26-43(44)51(12)22-14-15-23-52(51,55)13/h16-17,20-28H,14-15,18-19H2,1-13H3;16-21,24-31H,14-15,22-23H2,1-13H3. The number of rotatable bonds is 5. The SMILES string of the molecule is Cc1cc(C(C)(C)C)cc(C)c1N(c1cc(Cl)cc(N2c3ccc(C(C)(C)C)cc3C3(C)CCCCC23C)c1)c1ccc2sc3cc(C(C)(C)C)ccc3c2c1.Cc1cc(C(C)(C)C)cc(C)c1N1c2cc3c(cc2B2c4cc(C(C)(C)C)cc5c4N(c4cc(Cl)cc1c42)C1(C)CCCCC51C)sc1cc(C(C)(C)C)ccc13. The summed E-state index contributed by atoms with van der Waals surface area (Å²) in [7, 11) is 0. The van der Waals surface area contributed by atoms with Crippen LogP contribution in [0.15, 0.2) is 152 Å². The summed E-state index contributed by atoms with van der Waals surface area (Å²) in [6, 6.07) is 60.0. The van der Waals surface area contributed by atoms with Crippen LogP contribution < -0.4 is 36.0 Å². The maximum atomic E-state index is 7.44. The fourth-order valence-electron chi connectivity index (χ4n) is 21.4. The van der Waals surface area contributed by atoms with Crippen LogP contribution in [0.4, 0.5) is 56.9 Å². The minimum atomic E-state index is -0.0858. The van der Waals surface area contributed by atoms with Crippen molar-refractivity contribution < 1.29 is 0 Å². The summed E-state index contributed by atoms with van der Waals surface area (Å²) in [4.78, 5) is 10.6. The van der Waals surface area contributed by atoms with Crippen LogP contribution in [0.3, 0.4) is 0 Å². The van der Waals surface area contributed by atoms with Crippen LogP contribution in [-0.4, -0.2) is 17.8 Å². The first-order chi connectivity index (χ1) is 52.7. The molecule has 0 bridgehead atoms. The molecule has 4 atom stereocenters. The molecular weight excluding hydrogens is 1450 g/mol. The zero-order valence-corrected chi connectivity index (χ0v) is 75.7. The van der Waals surface area contributed by atoms with E-state index in [4.69, 9.17) is 23.2 Å². The van der Waals surface area contributed by atoms with Gasteiger partial charge in [-0.3, -0.25) is 0 Å². The smallest absolute Gasteiger partial charge is 0.252 e. The Morgan fingerprint density at radius 1 is 0.354 bits per heavy atom. The highest BCUT2D eigenvalue weighted by atomic mass is 35.5. The van der Waals surface area contributed by atoms with Gasteiger partial charge in [0, 0.05) is 107 Å². The van der Waals surface area contributed by atoms with E-state index in [1.807, 2.05) is 22.7 Å². The first kappa shape index (κ1) is 78.0. The highest BCUT2D eigenvalue weighted by Gasteiger charge is 2.62. The Kier molecular flexibility index (Phi) is 17.9. The Balaban J connectivity index is 0.000000164. The van der Waals surface area contributed by atoms with Gasteiger partial charge in [-0.2, -0.15) is 0 Å². The minimum Gasteiger partial charge on any atom is -0.335 e. The van der Waals surface area contributed by atoms with Crippen LogP contribution >= 0.6 is 45.9 Å². The number of anilines is 10. The normalized spacial score (nSPS) is 20.7. The molecule has 18 rings (SSSR count). The lowest BCUT2D eigenvalue weighted by Crippen LogP contribution is -2.64. The molecule has 0 N–H and O–H groups in total. The molecule has 2 fully saturated rings. The van der Waals surface area contributed by atoms with E-state index in [1.165, 1.54) is 203 Å². The lowest BCUT2D eigenvalue weighted by Gasteiger charge is -2.52. The maximum absolute atomic E-state index is 7.44. The van der Waals surface area contributed by atoms with Crippen molar-refractivity contribution >= 4 is 166 Å². The molecule has 2 aromatic heterocycles. The molecule has 6 heterocycles. The molecule has 584 valence electrons. The highest BCUT2D eigenvalue weighted by molar-refractivity contribution is 7.26. The van der Waals surface area contributed by atoms with Crippen LogP contribution in [-0.2, 0) is 43.3 Å². The van der Waals surface area contributed by atoms with Gasteiger partial charge in [0.15, 0.2) is 0 Å². The van der Waals surface area contributed by atoms with Gasteiger partial charge in [0.05, 0.1) is 22.5 Å². The van der Waals surface area contributed by atoms with Crippen molar-refractivity contribution in [2.45, 2.75) is 286 Å². The van der Waals surface area contributed by atoms with Crippen molar-refractivity contribution in [3.63, 3.8) is 0 Å². The number of halogens is 2. The number of hydrogen-bond donors (Lipinski definition) is 0. The van der Waals surface area contributed by atoms with Crippen LogP contribution in [0.5, 0.6) is 0 Å². The zero-order chi connectivity index (χ0) is 80.8. The van der Waals surface area contributed by atoms with Crippen molar-refractivity contribution in [3.8, 4) is 0 Å². The number of benzene rings is 10. The molecule has 0 spiro atoms. The maximum Gasteiger partial charge on any atom is 0.252 e. The molecule has 0 saturated heterocycles. The van der Waals surface area contributed by atoms with E-state index in [1.54, 1.807) is 5.56 Å². The molecule has 2 saturated carbocycles. The van der Waals surface area contributed by atoms with Gasteiger partial charge in [-0.1, -0.05) is 260 Å². The molecule has 2 aliphatic carbocycles. The molecule has 0 amide bonds. The first-order valence-corrected chi connectivity index (χ1v) is 44.5. The monoisotopic (exact) mass is 1570 g/mol.